The molecule has 20 heavy (non-hydrogen) atoms. The molecular formula is C17H26O3. The van der Waals surface area contributed by atoms with Gasteiger partial charge in [0, 0.05) is 0 Å². The lowest BCUT2D eigenvalue weighted by Crippen LogP contribution is -2.30. The van der Waals surface area contributed by atoms with Crippen LogP contribution in [0.25, 0.3) is 0 Å². The zero-order valence-electron chi connectivity index (χ0n) is 12.5. The van der Waals surface area contributed by atoms with Crippen LogP contribution < -0.4 is 4.74 Å². The van der Waals surface area contributed by atoms with E-state index in [1.807, 2.05) is 24.3 Å². The highest BCUT2D eigenvalue weighted by Gasteiger charge is 2.30. The van der Waals surface area contributed by atoms with E-state index in [2.05, 4.69) is 6.92 Å². The molecule has 0 bridgehead atoms. The Kier molecular flexibility index (Phi) is 5.44. The highest BCUT2D eigenvalue weighted by molar-refractivity contribution is 5.29. The second-order valence-corrected chi connectivity index (χ2v) is 5.94. The lowest BCUT2D eigenvalue weighted by molar-refractivity contribution is 0.0159. The van der Waals surface area contributed by atoms with Gasteiger partial charge in [-0.15, -0.1) is 0 Å². The van der Waals surface area contributed by atoms with Gasteiger partial charge in [-0.1, -0.05) is 25.5 Å². The van der Waals surface area contributed by atoms with E-state index >= 15 is 0 Å². The number of benzene rings is 1. The quantitative estimate of drug-likeness (QED) is 0.868. The van der Waals surface area contributed by atoms with Crippen LogP contribution in [0, 0.1) is 11.8 Å². The van der Waals surface area contributed by atoms with Gasteiger partial charge in [-0.05, 0) is 55.2 Å². The van der Waals surface area contributed by atoms with Crippen LogP contribution in [0.2, 0.25) is 0 Å². The van der Waals surface area contributed by atoms with Crippen molar-refractivity contribution in [2.75, 3.05) is 7.11 Å². The Balaban J connectivity index is 2.00. The fourth-order valence-corrected chi connectivity index (χ4v) is 3.24. The average Bonchev–Trinajstić information content (AvgIpc) is 2.49. The predicted octanol–water partition coefficient (Wildman–Crippen LogP) is 3.31. The molecule has 1 fully saturated rings. The first kappa shape index (κ1) is 15.3. The molecule has 1 aliphatic rings. The molecule has 0 heterocycles. The highest BCUT2D eigenvalue weighted by Crippen LogP contribution is 2.36. The molecule has 0 aliphatic heterocycles. The molecule has 4 unspecified atom stereocenters. The normalized spacial score (nSPS) is 28.1. The van der Waals surface area contributed by atoms with Gasteiger partial charge in [-0.3, -0.25) is 0 Å². The lowest BCUT2D eigenvalue weighted by Gasteiger charge is -2.34. The largest absolute Gasteiger partial charge is 0.497 e. The molecule has 1 aromatic rings. The molecule has 2 rings (SSSR count). The third kappa shape index (κ3) is 3.74. The SMILES string of the molecule is CCC1CCC(O)C(CC(O)c2cccc(OC)c2)C1. The molecule has 1 aliphatic carbocycles. The van der Waals surface area contributed by atoms with Crippen molar-refractivity contribution < 1.29 is 14.9 Å². The first-order chi connectivity index (χ1) is 9.63. The topological polar surface area (TPSA) is 49.7 Å². The Morgan fingerprint density at radius 1 is 1.35 bits per heavy atom. The summed E-state index contributed by atoms with van der Waals surface area (Å²) in [6.07, 6.45) is 4.01. The van der Waals surface area contributed by atoms with Gasteiger partial charge in [-0.25, -0.2) is 0 Å². The molecule has 0 aromatic heterocycles. The average molecular weight is 278 g/mol. The zero-order chi connectivity index (χ0) is 14.5. The number of methoxy groups -OCH3 is 1. The monoisotopic (exact) mass is 278 g/mol. The summed E-state index contributed by atoms with van der Waals surface area (Å²) in [5.74, 6) is 1.66. The molecule has 0 amide bonds. The van der Waals surface area contributed by atoms with Crippen molar-refractivity contribution in [2.45, 2.75) is 51.2 Å². The number of aliphatic hydroxyl groups excluding tert-OH is 2. The van der Waals surface area contributed by atoms with Crippen molar-refractivity contribution in [1.82, 2.24) is 0 Å². The smallest absolute Gasteiger partial charge is 0.119 e. The third-order valence-corrected chi connectivity index (χ3v) is 4.63. The predicted molar refractivity (Wildman–Crippen MR) is 79.7 cm³/mol. The van der Waals surface area contributed by atoms with E-state index in [0.29, 0.717) is 12.3 Å². The second kappa shape index (κ2) is 7.09. The van der Waals surface area contributed by atoms with Crippen LogP contribution >= 0.6 is 0 Å². The van der Waals surface area contributed by atoms with Crippen molar-refractivity contribution in [3.8, 4) is 5.75 Å². The van der Waals surface area contributed by atoms with E-state index in [-0.39, 0.29) is 12.0 Å². The van der Waals surface area contributed by atoms with Crippen molar-refractivity contribution >= 4 is 0 Å². The van der Waals surface area contributed by atoms with Gasteiger partial charge < -0.3 is 14.9 Å². The van der Waals surface area contributed by atoms with Gasteiger partial charge in [0.2, 0.25) is 0 Å². The summed E-state index contributed by atoms with van der Waals surface area (Å²) in [7, 11) is 1.63. The third-order valence-electron chi connectivity index (χ3n) is 4.63. The molecule has 1 aromatic carbocycles. The van der Waals surface area contributed by atoms with Crippen LogP contribution in [-0.2, 0) is 0 Å². The Hall–Kier alpha value is -1.06. The fraction of sp³-hybridized carbons (Fsp3) is 0.647. The summed E-state index contributed by atoms with van der Waals surface area (Å²) in [5, 5.41) is 20.5. The van der Waals surface area contributed by atoms with Crippen LogP contribution in [0.3, 0.4) is 0 Å². The van der Waals surface area contributed by atoms with Crippen molar-refractivity contribution in [2.24, 2.45) is 11.8 Å². The standard InChI is InChI=1S/C17H26O3/c1-3-12-7-8-16(18)14(9-12)11-17(19)13-5-4-6-15(10-13)20-2/h4-6,10,12,14,16-19H,3,7-9,11H2,1-2H3. The van der Waals surface area contributed by atoms with Crippen molar-refractivity contribution in [3.63, 3.8) is 0 Å². The molecule has 0 spiro atoms. The molecule has 1 saturated carbocycles. The maximum atomic E-state index is 10.4. The van der Waals surface area contributed by atoms with E-state index in [1.54, 1.807) is 7.11 Å². The van der Waals surface area contributed by atoms with E-state index in [4.69, 9.17) is 4.74 Å². The maximum Gasteiger partial charge on any atom is 0.119 e. The van der Waals surface area contributed by atoms with Gasteiger partial charge in [0.15, 0.2) is 0 Å². The van der Waals surface area contributed by atoms with Crippen LogP contribution in [0.5, 0.6) is 5.75 Å². The van der Waals surface area contributed by atoms with Crippen LogP contribution in [-0.4, -0.2) is 23.4 Å². The summed E-state index contributed by atoms with van der Waals surface area (Å²) in [5.41, 5.74) is 0.871. The van der Waals surface area contributed by atoms with E-state index in [0.717, 1.165) is 30.6 Å². The molecule has 2 N–H and O–H groups in total. The molecule has 4 atom stereocenters. The van der Waals surface area contributed by atoms with E-state index in [9.17, 15) is 10.2 Å². The van der Waals surface area contributed by atoms with Crippen molar-refractivity contribution in [3.05, 3.63) is 29.8 Å². The molecule has 112 valence electrons. The molecule has 3 heteroatoms. The van der Waals surface area contributed by atoms with Gasteiger partial charge in [0.25, 0.3) is 0 Å². The number of aliphatic hydroxyl groups is 2. The van der Waals surface area contributed by atoms with Crippen molar-refractivity contribution in [1.29, 1.82) is 0 Å². The Morgan fingerprint density at radius 2 is 2.15 bits per heavy atom. The van der Waals surface area contributed by atoms with Crippen LogP contribution in [0.4, 0.5) is 0 Å². The van der Waals surface area contributed by atoms with E-state index in [1.165, 1.54) is 6.42 Å². The summed E-state index contributed by atoms with van der Waals surface area (Å²) < 4.78 is 5.19. The van der Waals surface area contributed by atoms with Crippen LogP contribution in [0.1, 0.15) is 50.7 Å². The zero-order valence-corrected chi connectivity index (χ0v) is 12.5. The highest BCUT2D eigenvalue weighted by atomic mass is 16.5. The summed E-state index contributed by atoms with van der Waals surface area (Å²) in [4.78, 5) is 0. The Bertz CT molecular complexity index is 418. The first-order valence-electron chi connectivity index (χ1n) is 7.64. The number of ether oxygens (including phenoxy) is 1. The van der Waals surface area contributed by atoms with Crippen LogP contribution in [0.15, 0.2) is 24.3 Å². The van der Waals surface area contributed by atoms with E-state index < -0.39 is 6.10 Å². The molecular weight excluding hydrogens is 252 g/mol. The first-order valence-corrected chi connectivity index (χ1v) is 7.64. The minimum atomic E-state index is -0.527. The minimum absolute atomic E-state index is 0.204. The van der Waals surface area contributed by atoms with Gasteiger partial charge in [-0.2, -0.15) is 0 Å². The fourth-order valence-electron chi connectivity index (χ4n) is 3.24. The number of hydrogen-bond acceptors (Lipinski definition) is 3. The van der Waals surface area contributed by atoms with Gasteiger partial charge >= 0.3 is 0 Å². The molecule has 3 nitrogen and oxygen atoms in total. The summed E-state index contributed by atoms with van der Waals surface area (Å²) in [6.45, 7) is 2.21. The summed E-state index contributed by atoms with van der Waals surface area (Å²) >= 11 is 0. The molecule has 0 saturated heterocycles. The Morgan fingerprint density at radius 3 is 2.85 bits per heavy atom. The molecule has 0 radical (unpaired) electrons. The Labute approximate surface area is 121 Å². The maximum absolute atomic E-state index is 10.4. The van der Waals surface area contributed by atoms with Gasteiger partial charge in [0.1, 0.15) is 5.75 Å². The minimum Gasteiger partial charge on any atom is -0.497 e. The number of rotatable bonds is 5. The second-order valence-electron chi connectivity index (χ2n) is 5.94. The number of hydrogen-bond donors (Lipinski definition) is 2. The summed E-state index contributed by atoms with van der Waals surface area (Å²) in [6, 6.07) is 7.55. The lowest BCUT2D eigenvalue weighted by atomic mass is 9.75. The van der Waals surface area contributed by atoms with Gasteiger partial charge in [0.05, 0.1) is 19.3 Å².